The molecule has 0 unspecified atom stereocenters. The van der Waals surface area contributed by atoms with Crippen LogP contribution in [0.4, 0.5) is 0 Å². The highest BCUT2D eigenvalue weighted by atomic mass is 16.5. The minimum atomic E-state index is -0.000394. The van der Waals surface area contributed by atoms with E-state index in [9.17, 15) is 9.59 Å². The van der Waals surface area contributed by atoms with Gasteiger partial charge in [-0.1, -0.05) is 160 Å². The molecule has 0 radical (unpaired) electrons. The van der Waals surface area contributed by atoms with Crippen LogP contribution in [0.25, 0.3) is 0 Å². The van der Waals surface area contributed by atoms with Crippen LogP contribution in [0.2, 0.25) is 0 Å². The molecule has 0 amide bonds. The SMILES string of the molecule is CC(C)(C)C1=C(OC=O)C=CC1.CC(C)(C)c1ccccc1OC=O.CC1=CCC(C(C)(C)C)=C1.Cc1cccc(C(C)(C)C)c1. The van der Waals surface area contributed by atoms with Crippen molar-refractivity contribution in [2.45, 2.75) is 121 Å². The molecule has 2 aliphatic rings. The number of allylic oxidation sites excluding steroid dienone is 7. The summed E-state index contributed by atoms with van der Waals surface area (Å²) >= 11 is 0. The first kappa shape index (κ1) is 40.4. The largest absolute Gasteiger partial charge is 0.429 e. The summed E-state index contributed by atoms with van der Waals surface area (Å²) in [6.07, 6.45) is 10.5. The summed E-state index contributed by atoms with van der Waals surface area (Å²) in [5.74, 6) is 1.36. The van der Waals surface area contributed by atoms with E-state index < -0.39 is 0 Å². The molecule has 4 rings (SSSR count). The highest BCUT2D eigenvalue weighted by Gasteiger charge is 2.23. The molecule has 4 nitrogen and oxygen atoms in total. The molecule has 0 aliphatic heterocycles. The summed E-state index contributed by atoms with van der Waals surface area (Å²) in [5, 5.41) is 0. The molecule has 2 aromatic rings. The first-order chi connectivity index (χ1) is 21.1. The zero-order chi connectivity index (χ0) is 35.3. The van der Waals surface area contributed by atoms with E-state index in [0.717, 1.165) is 24.2 Å². The second kappa shape index (κ2) is 17.3. The lowest BCUT2D eigenvalue weighted by atomic mass is 9.85. The van der Waals surface area contributed by atoms with Crippen LogP contribution in [0, 0.1) is 17.8 Å². The molecule has 0 bridgehead atoms. The summed E-state index contributed by atoms with van der Waals surface area (Å²) in [6.45, 7) is 31.4. The molecule has 0 aromatic heterocycles. The van der Waals surface area contributed by atoms with Gasteiger partial charge in [0.05, 0.1) is 0 Å². The van der Waals surface area contributed by atoms with Crippen LogP contribution >= 0.6 is 0 Å². The van der Waals surface area contributed by atoms with E-state index in [1.54, 1.807) is 11.6 Å². The maximum atomic E-state index is 10.2. The maximum absolute atomic E-state index is 10.2. The van der Waals surface area contributed by atoms with Gasteiger partial charge in [-0.25, -0.2) is 0 Å². The number of hydrogen-bond acceptors (Lipinski definition) is 4. The van der Waals surface area contributed by atoms with Gasteiger partial charge in [0, 0.05) is 5.56 Å². The van der Waals surface area contributed by atoms with Crippen molar-refractivity contribution in [1.82, 2.24) is 0 Å². The zero-order valence-electron chi connectivity index (χ0n) is 31.1. The van der Waals surface area contributed by atoms with Crippen molar-refractivity contribution in [3.05, 3.63) is 112 Å². The van der Waals surface area contributed by atoms with E-state index in [0.29, 0.717) is 24.1 Å². The van der Waals surface area contributed by atoms with E-state index in [4.69, 9.17) is 9.47 Å². The van der Waals surface area contributed by atoms with Gasteiger partial charge in [-0.05, 0) is 71.6 Å². The van der Waals surface area contributed by atoms with Crippen molar-refractivity contribution < 1.29 is 19.1 Å². The topological polar surface area (TPSA) is 52.6 Å². The van der Waals surface area contributed by atoms with Crippen molar-refractivity contribution in [2.24, 2.45) is 10.8 Å². The summed E-state index contributed by atoms with van der Waals surface area (Å²) < 4.78 is 9.74. The standard InChI is InChI=1S/C11H14O2.C11H16.C10H14O2.C10H16/c1-11(2,3)9-6-4-5-7-10(9)13-8-12;1-9-6-5-7-10(8-9)11(2,3)4;1-10(2,3)8-5-4-6-9(8)12-7-11;1-8-5-6-9(7-8)10(2,3)4/h4-8H,1-3H3;5-8H,1-4H3;4,6-7H,5H2,1-3H3;5,7H,6H2,1-4H3. The molecule has 0 N–H and O–H groups in total. The van der Waals surface area contributed by atoms with Gasteiger partial charge >= 0.3 is 0 Å². The van der Waals surface area contributed by atoms with Crippen molar-refractivity contribution >= 4 is 12.9 Å². The Labute approximate surface area is 280 Å². The molecule has 2 aliphatic carbocycles. The minimum absolute atomic E-state index is 0.000394. The van der Waals surface area contributed by atoms with Crippen molar-refractivity contribution in [2.75, 3.05) is 0 Å². The molecule has 0 saturated carbocycles. The third-order valence-corrected chi connectivity index (χ3v) is 7.73. The van der Waals surface area contributed by atoms with E-state index in [1.807, 2.05) is 30.4 Å². The Morgan fingerprint density at radius 1 is 0.652 bits per heavy atom. The van der Waals surface area contributed by atoms with Crippen LogP contribution in [0.1, 0.15) is 120 Å². The smallest absolute Gasteiger partial charge is 0.298 e. The number of benzene rings is 2. The van der Waals surface area contributed by atoms with Crippen LogP contribution in [-0.2, 0) is 25.2 Å². The Morgan fingerprint density at radius 2 is 1.26 bits per heavy atom. The number of carbonyl (C=O) groups is 2. The fraction of sp³-hybridized carbons (Fsp3) is 0.476. The van der Waals surface area contributed by atoms with Crippen molar-refractivity contribution in [1.29, 1.82) is 0 Å². The highest BCUT2D eigenvalue weighted by Crippen LogP contribution is 2.35. The predicted octanol–water partition coefficient (Wildman–Crippen LogP) is 11.5. The molecule has 0 atom stereocenters. The number of aryl methyl sites for hydroxylation is 1. The summed E-state index contributed by atoms with van der Waals surface area (Å²) in [6, 6.07) is 16.3. The fourth-order valence-corrected chi connectivity index (χ4v) is 4.86. The second-order valence-corrected chi connectivity index (χ2v) is 16.1. The van der Waals surface area contributed by atoms with E-state index in [1.165, 1.54) is 22.3 Å². The third-order valence-electron chi connectivity index (χ3n) is 7.73. The molecule has 46 heavy (non-hydrogen) atoms. The van der Waals surface area contributed by atoms with Crippen LogP contribution in [0.3, 0.4) is 0 Å². The third kappa shape index (κ3) is 14.2. The van der Waals surface area contributed by atoms with Crippen LogP contribution in [0.5, 0.6) is 5.75 Å². The molecule has 0 fully saturated rings. The van der Waals surface area contributed by atoms with Gasteiger partial charge < -0.3 is 9.47 Å². The Hall–Kier alpha value is -3.66. The van der Waals surface area contributed by atoms with Crippen molar-refractivity contribution in [3.8, 4) is 5.75 Å². The Balaban J connectivity index is 0.000000308. The number of carbonyl (C=O) groups excluding carboxylic acids is 2. The lowest BCUT2D eigenvalue weighted by molar-refractivity contribution is -0.124. The number of rotatable bonds is 4. The molecule has 4 heteroatoms. The normalized spacial score (nSPS) is 14.4. The predicted molar refractivity (Wildman–Crippen MR) is 195 cm³/mol. The quantitative estimate of drug-likeness (QED) is 0.316. The first-order valence-electron chi connectivity index (χ1n) is 16.3. The molecule has 252 valence electrons. The van der Waals surface area contributed by atoms with Gasteiger partial charge in [0.2, 0.25) is 0 Å². The van der Waals surface area contributed by atoms with E-state index in [2.05, 4.69) is 133 Å². The van der Waals surface area contributed by atoms with Crippen LogP contribution in [-0.4, -0.2) is 12.9 Å². The van der Waals surface area contributed by atoms with Crippen LogP contribution in [0.15, 0.2) is 95.3 Å². The molecular weight excluding hydrogens is 568 g/mol. The molecule has 2 aromatic carbocycles. The van der Waals surface area contributed by atoms with Gasteiger partial charge in [0.1, 0.15) is 11.5 Å². The number of ether oxygens (including phenoxy) is 2. The lowest BCUT2D eigenvalue weighted by Gasteiger charge is -2.21. The second-order valence-electron chi connectivity index (χ2n) is 16.1. The Bertz CT molecular complexity index is 1410. The van der Waals surface area contributed by atoms with Gasteiger partial charge in [-0.15, -0.1) is 0 Å². The van der Waals surface area contributed by atoms with E-state index >= 15 is 0 Å². The molecule has 0 heterocycles. The maximum Gasteiger partial charge on any atom is 0.298 e. The monoisotopic (exact) mass is 628 g/mol. The van der Waals surface area contributed by atoms with Gasteiger partial charge in [0.15, 0.2) is 0 Å². The molecular formula is C42H60O4. The summed E-state index contributed by atoms with van der Waals surface area (Å²) in [7, 11) is 0. The summed E-state index contributed by atoms with van der Waals surface area (Å²) in [5.41, 5.74) is 8.71. The van der Waals surface area contributed by atoms with Gasteiger partial charge in [-0.2, -0.15) is 0 Å². The molecule has 0 saturated heterocycles. The van der Waals surface area contributed by atoms with Gasteiger partial charge in [0.25, 0.3) is 12.9 Å². The average molecular weight is 629 g/mol. The number of hydrogen-bond donors (Lipinski definition) is 0. The number of para-hydroxylation sites is 1. The molecule has 0 spiro atoms. The Morgan fingerprint density at radius 3 is 1.67 bits per heavy atom. The average Bonchev–Trinajstić information content (AvgIpc) is 3.59. The zero-order valence-corrected chi connectivity index (χ0v) is 31.1. The minimum Gasteiger partial charge on any atom is -0.429 e. The Kier molecular flexibility index (Phi) is 15.2. The lowest BCUT2D eigenvalue weighted by Crippen LogP contribution is -2.12. The van der Waals surface area contributed by atoms with E-state index in [-0.39, 0.29) is 16.2 Å². The first-order valence-corrected chi connectivity index (χ1v) is 16.3. The van der Waals surface area contributed by atoms with Crippen molar-refractivity contribution in [3.63, 3.8) is 0 Å². The fourth-order valence-electron chi connectivity index (χ4n) is 4.86. The summed E-state index contributed by atoms with van der Waals surface area (Å²) in [4.78, 5) is 20.4. The van der Waals surface area contributed by atoms with Gasteiger partial charge in [-0.3, -0.25) is 9.59 Å². The highest BCUT2D eigenvalue weighted by molar-refractivity contribution is 5.49. The van der Waals surface area contributed by atoms with Crippen LogP contribution < -0.4 is 4.74 Å².